The van der Waals surface area contributed by atoms with Crippen LogP contribution in [0.3, 0.4) is 0 Å². The highest BCUT2D eigenvalue weighted by molar-refractivity contribution is 7.99. The summed E-state index contributed by atoms with van der Waals surface area (Å²) in [7, 11) is 1.62. The Balaban J connectivity index is 1.39. The van der Waals surface area contributed by atoms with Crippen molar-refractivity contribution in [3.8, 4) is 11.5 Å². The molecule has 164 valence electrons. The van der Waals surface area contributed by atoms with Gasteiger partial charge in [0.1, 0.15) is 6.61 Å². The summed E-state index contributed by atoms with van der Waals surface area (Å²) in [6, 6.07) is 8.06. The number of aromatic nitrogens is 3. The first-order valence-corrected chi connectivity index (χ1v) is 10.5. The maximum atomic E-state index is 13.1. The third kappa shape index (κ3) is 4.67. The molecule has 12 heteroatoms. The Morgan fingerprint density at radius 2 is 2.06 bits per heavy atom. The lowest BCUT2D eigenvalue weighted by Crippen LogP contribution is -2.42. The molecule has 1 amide bonds. The van der Waals surface area contributed by atoms with Crippen LogP contribution in [-0.4, -0.2) is 57.5 Å². The number of rotatable bonds is 5. The van der Waals surface area contributed by atoms with E-state index in [4.69, 9.17) is 21.1 Å². The topological polar surface area (TPSA) is 69.0 Å². The maximum absolute atomic E-state index is 13.1. The smallest absolute Gasteiger partial charge is 0.417 e. The summed E-state index contributed by atoms with van der Waals surface area (Å²) >= 11 is 6.88. The van der Waals surface area contributed by atoms with Gasteiger partial charge in [-0.25, -0.2) is 0 Å². The molecular formula is C19H16ClF3N4O3S. The first-order valence-electron chi connectivity index (χ1n) is 9.09. The summed E-state index contributed by atoms with van der Waals surface area (Å²) in [5.41, 5.74) is -0.839. The van der Waals surface area contributed by atoms with Crippen LogP contribution >= 0.6 is 23.4 Å². The molecule has 0 fully saturated rings. The Labute approximate surface area is 184 Å². The summed E-state index contributed by atoms with van der Waals surface area (Å²) in [5, 5.41) is 7.63. The molecule has 0 bridgehead atoms. The number of hydrogen-bond acceptors (Lipinski definition) is 6. The normalized spacial score (nSPS) is 15.8. The number of carbonyl (C=O) groups excluding carboxylic acids is 1. The predicted molar refractivity (Wildman–Crippen MR) is 108 cm³/mol. The van der Waals surface area contributed by atoms with Crippen molar-refractivity contribution in [2.45, 2.75) is 17.4 Å². The van der Waals surface area contributed by atoms with E-state index in [2.05, 4.69) is 10.2 Å². The largest absolute Gasteiger partial charge is 0.486 e. The highest BCUT2D eigenvalue weighted by Gasteiger charge is 2.32. The molecule has 1 atom stereocenters. The first kappa shape index (κ1) is 21.6. The molecule has 3 aromatic rings. The maximum Gasteiger partial charge on any atom is 0.417 e. The van der Waals surface area contributed by atoms with Crippen molar-refractivity contribution in [1.29, 1.82) is 0 Å². The fraction of sp³-hybridized carbons (Fsp3) is 0.316. The Morgan fingerprint density at radius 3 is 2.81 bits per heavy atom. The van der Waals surface area contributed by atoms with Crippen molar-refractivity contribution >= 4 is 34.9 Å². The van der Waals surface area contributed by atoms with E-state index in [9.17, 15) is 18.0 Å². The third-order valence-electron chi connectivity index (χ3n) is 4.55. The molecule has 7 nitrogen and oxygen atoms in total. The zero-order valence-corrected chi connectivity index (χ0v) is 17.7. The van der Waals surface area contributed by atoms with Gasteiger partial charge in [0.25, 0.3) is 0 Å². The number of ether oxygens (including phenoxy) is 2. The molecule has 2 aromatic heterocycles. The van der Waals surface area contributed by atoms with E-state index >= 15 is 0 Å². The number of halogens is 4. The number of alkyl halides is 3. The summed E-state index contributed by atoms with van der Waals surface area (Å²) in [4.78, 5) is 14.0. The van der Waals surface area contributed by atoms with Gasteiger partial charge in [0.15, 0.2) is 28.4 Å². The number of carbonyl (C=O) groups is 1. The molecule has 0 aliphatic carbocycles. The van der Waals surface area contributed by atoms with Gasteiger partial charge in [-0.1, -0.05) is 35.5 Å². The second-order valence-corrected chi connectivity index (χ2v) is 8.16. The molecule has 0 spiro atoms. The molecule has 1 aliphatic rings. The summed E-state index contributed by atoms with van der Waals surface area (Å²) in [5.74, 6) is 0.970. The van der Waals surface area contributed by atoms with Crippen LogP contribution in [0.2, 0.25) is 5.02 Å². The summed E-state index contributed by atoms with van der Waals surface area (Å²) in [6.45, 7) is 0.591. The van der Waals surface area contributed by atoms with E-state index in [0.717, 1.165) is 28.4 Å². The Hall–Kier alpha value is -2.66. The van der Waals surface area contributed by atoms with Crippen molar-refractivity contribution in [2.75, 3.05) is 26.0 Å². The van der Waals surface area contributed by atoms with Crippen molar-refractivity contribution < 1.29 is 27.4 Å². The second-order valence-electron chi connectivity index (χ2n) is 6.81. The molecule has 0 saturated heterocycles. The van der Waals surface area contributed by atoms with Crippen LogP contribution in [0.4, 0.5) is 13.2 Å². The van der Waals surface area contributed by atoms with Crippen LogP contribution in [0.1, 0.15) is 5.56 Å². The molecule has 0 radical (unpaired) electrons. The van der Waals surface area contributed by atoms with E-state index in [1.165, 1.54) is 4.90 Å². The molecular weight excluding hydrogens is 457 g/mol. The van der Waals surface area contributed by atoms with Gasteiger partial charge in [0.2, 0.25) is 5.91 Å². The minimum atomic E-state index is -4.57. The lowest BCUT2D eigenvalue weighted by atomic mass is 10.2. The van der Waals surface area contributed by atoms with E-state index in [-0.39, 0.29) is 33.6 Å². The van der Waals surface area contributed by atoms with Crippen LogP contribution in [0, 0.1) is 0 Å². The number of hydrogen-bond donors (Lipinski definition) is 0. The van der Waals surface area contributed by atoms with E-state index in [1.807, 2.05) is 12.1 Å². The average molecular weight is 473 g/mol. The molecule has 1 aliphatic heterocycles. The fourth-order valence-electron chi connectivity index (χ4n) is 2.98. The van der Waals surface area contributed by atoms with E-state index < -0.39 is 11.7 Å². The molecule has 0 N–H and O–H groups in total. The van der Waals surface area contributed by atoms with Gasteiger partial charge in [0.05, 0.1) is 22.9 Å². The zero-order valence-electron chi connectivity index (χ0n) is 16.1. The minimum absolute atomic E-state index is 0.0463. The standard InChI is InChI=1S/C19H16ClF3N4O3S/c1-26(8-12-9-29-14-4-2-3-5-15(14)30-12)16(28)10-31-18-25-24-17-13(20)6-11(7-27(17)18)19(21,22)23/h2-7,12H,8-10H2,1H3/t12-/m0/s1. The molecule has 3 heterocycles. The molecule has 31 heavy (non-hydrogen) atoms. The number of likely N-dealkylation sites (N-methyl/N-ethyl adjacent to an activating group) is 1. The summed E-state index contributed by atoms with van der Waals surface area (Å²) in [6.07, 6.45) is -4.04. The number of thioether (sulfide) groups is 1. The number of pyridine rings is 1. The number of amides is 1. The van der Waals surface area contributed by atoms with Crippen molar-refractivity contribution in [3.05, 3.63) is 47.1 Å². The lowest BCUT2D eigenvalue weighted by Gasteiger charge is -2.29. The Kier molecular flexibility index (Phi) is 5.89. The molecule has 0 unspecified atom stereocenters. The molecule has 4 rings (SSSR count). The van der Waals surface area contributed by atoms with Gasteiger partial charge in [0, 0.05) is 13.2 Å². The van der Waals surface area contributed by atoms with Crippen LogP contribution in [0.5, 0.6) is 11.5 Å². The van der Waals surface area contributed by atoms with Crippen LogP contribution in [0.15, 0.2) is 41.7 Å². The summed E-state index contributed by atoms with van der Waals surface area (Å²) < 4.78 is 51.8. The van der Waals surface area contributed by atoms with Gasteiger partial charge < -0.3 is 14.4 Å². The molecule has 0 saturated carbocycles. The minimum Gasteiger partial charge on any atom is -0.486 e. The second kappa shape index (κ2) is 8.46. The van der Waals surface area contributed by atoms with E-state index in [0.29, 0.717) is 24.7 Å². The van der Waals surface area contributed by atoms with Gasteiger partial charge in [-0.05, 0) is 18.2 Å². The van der Waals surface area contributed by atoms with Crippen molar-refractivity contribution in [2.24, 2.45) is 0 Å². The van der Waals surface area contributed by atoms with E-state index in [1.54, 1.807) is 19.2 Å². The fourth-order valence-corrected chi connectivity index (χ4v) is 4.08. The first-order chi connectivity index (χ1) is 14.7. The average Bonchev–Trinajstić information content (AvgIpc) is 3.15. The van der Waals surface area contributed by atoms with Crippen LogP contribution in [-0.2, 0) is 11.0 Å². The lowest BCUT2D eigenvalue weighted by molar-refractivity contribution is -0.138. The van der Waals surface area contributed by atoms with Crippen LogP contribution < -0.4 is 9.47 Å². The van der Waals surface area contributed by atoms with Gasteiger partial charge in [-0.3, -0.25) is 9.20 Å². The Morgan fingerprint density at radius 1 is 1.32 bits per heavy atom. The number of nitrogens with zero attached hydrogens (tertiary/aromatic N) is 4. The zero-order chi connectivity index (χ0) is 22.2. The number of benzene rings is 1. The Bertz CT molecular complexity index is 1120. The molecule has 1 aromatic carbocycles. The SMILES string of the molecule is CN(C[C@H]1COc2ccccc2O1)C(=O)CSc1nnc2c(Cl)cc(C(F)(F)F)cn12. The third-order valence-corrected chi connectivity index (χ3v) is 5.76. The monoisotopic (exact) mass is 472 g/mol. The highest BCUT2D eigenvalue weighted by Crippen LogP contribution is 2.33. The number of fused-ring (bicyclic) bond motifs is 2. The quantitative estimate of drug-likeness (QED) is 0.526. The van der Waals surface area contributed by atoms with Gasteiger partial charge in [-0.2, -0.15) is 13.2 Å². The van der Waals surface area contributed by atoms with Crippen molar-refractivity contribution in [3.63, 3.8) is 0 Å². The van der Waals surface area contributed by atoms with Crippen LogP contribution in [0.25, 0.3) is 5.65 Å². The predicted octanol–water partition coefficient (Wildman–Crippen LogP) is 3.79. The number of para-hydroxylation sites is 2. The van der Waals surface area contributed by atoms with Gasteiger partial charge in [-0.15, -0.1) is 10.2 Å². The van der Waals surface area contributed by atoms with Crippen molar-refractivity contribution in [1.82, 2.24) is 19.5 Å². The highest BCUT2D eigenvalue weighted by atomic mass is 35.5. The van der Waals surface area contributed by atoms with Gasteiger partial charge >= 0.3 is 6.18 Å².